The number of halogens is 1. The van der Waals surface area contributed by atoms with Crippen molar-refractivity contribution in [2.45, 2.75) is 6.61 Å². The highest BCUT2D eigenvalue weighted by Gasteiger charge is 2.03. The van der Waals surface area contributed by atoms with Crippen molar-refractivity contribution in [2.24, 2.45) is 0 Å². The van der Waals surface area contributed by atoms with Gasteiger partial charge in [0.05, 0.1) is 4.47 Å². The SMILES string of the molecule is Nc1nnc(COc2ccccc2Br)s1. The first-order valence-corrected chi connectivity index (χ1v) is 5.82. The van der Waals surface area contributed by atoms with Crippen LogP contribution in [0, 0.1) is 0 Å². The predicted octanol–water partition coefficient (Wildman–Crippen LogP) is 2.46. The summed E-state index contributed by atoms with van der Waals surface area (Å²) in [5.74, 6) is 0.784. The van der Waals surface area contributed by atoms with Gasteiger partial charge in [-0.05, 0) is 28.1 Å². The lowest BCUT2D eigenvalue weighted by Gasteiger charge is -2.04. The van der Waals surface area contributed by atoms with Crippen LogP contribution in [0.1, 0.15) is 5.01 Å². The van der Waals surface area contributed by atoms with Crippen molar-refractivity contribution in [3.05, 3.63) is 33.7 Å². The summed E-state index contributed by atoms with van der Waals surface area (Å²) in [4.78, 5) is 0. The smallest absolute Gasteiger partial charge is 0.203 e. The summed E-state index contributed by atoms with van der Waals surface area (Å²) in [6, 6.07) is 7.65. The van der Waals surface area contributed by atoms with E-state index < -0.39 is 0 Å². The number of para-hydroxylation sites is 1. The topological polar surface area (TPSA) is 61.0 Å². The molecule has 15 heavy (non-hydrogen) atoms. The van der Waals surface area contributed by atoms with Gasteiger partial charge >= 0.3 is 0 Å². The lowest BCUT2D eigenvalue weighted by atomic mass is 10.3. The Labute approximate surface area is 99.2 Å². The fraction of sp³-hybridized carbons (Fsp3) is 0.111. The summed E-state index contributed by atoms with van der Waals surface area (Å²) in [6.45, 7) is 0.386. The third-order valence-corrected chi connectivity index (χ3v) is 3.05. The number of benzene rings is 1. The average Bonchev–Trinajstić information content (AvgIpc) is 2.63. The number of nitrogens with two attached hydrogens (primary N) is 1. The second-order valence-corrected chi connectivity index (χ2v) is 4.70. The number of aromatic nitrogens is 2. The highest BCUT2D eigenvalue weighted by atomic mass is 79.9. The van der Waals surface area contributed by atoms with Crippen molar-refractivity contribution in [3.8, 4) is 5.75 Å². The molecular weight excluding hydrogens is 278 g/mol. The molecule has 0 amide bonds. The summed E-state index contributed by atoms with van der Waals surface area (Å²) in [6.07, 6.45) is 0. The molecule has 0 aliphatic carbocycles. The van der Waals surface area contributed by atoms with Gasteiger partial charge in [0.1, 0.15) is 12.4 Å². The maximum atomic E-state index is 5.54. The normalized spacial score (nSPS) is 10.2. The van der Waals surface area contributed by atoms with Crippen LogP contribution in [-0.4, -0.2) is 10.2 Å². The van der Waals surface area contributed by atoms with Gasteiger partial charge in [-0.2, -0.15) is 0 Å². The molecule has 1 aromatic carbocycles. The van der Waals surface area contributed by atoms with E-state index in [0.717, 1.165) is 15.2 Å². The molecule has 0 saturated heterocycles. The van der Waals surface area contributed by atoms with Crippen LogP contribution in [0.4, 0.5) is 5.13 Å². The van der Waals surface area contributed by atoms with E-state index >= 15 is 0 Å². The van der Waals surface area contributed by atoms with Gasteiger partial charge < -0.3 is 10.5 Å². The van der Waals surface area contributed by atoms with E-state index in [4.69, 9.17) is 10.5 Å². The van der Waals surface area contributed by atoms with Crippen LogP contribution in [0.25, 0.3) is 0 Å². The van der Waals surface area contributed by atoms with E-state index in [1.54, 1.807) is 0 Å². The van der Waals surface area contributed by atoms with Crippen LogP contribution in [-0.2, 0) is 6.61 Å². The van der Waals surface area contributed by atoms with Crippen LogP contribution >= 0.6 is 27.3 Å². The van der Waals surface area contributed by atoms with Gasteiger partial charge in [-0.25, -0.2) is 0 Å². The van der Waals surface area contributed by atoms with Gasteiger partial charge in [-0.3, -0.25) is 0 Å². The van der Waals surface area contributed by atoms with Crippen molar-refractivity contribution >= 4 is 32.4 Å². The Bertz CT molecular complexity index is 460. The van der Waals surface area contributed by atoms with Crippen LogP contribution in [0.5, 0.6) is 5.75 Å². The number of nitrogen functional groups attached to an aromatic ring is 1. The Balaban J connectivity index is 2.02. The molecule has 0 fully saturated rings. The minimum atomic E-state index is 0.386. The molecule has 0 bridgehead atoms. The Morgan fingerprint density at radius 2 is 2.13 bits per heavy atom. The van der Waals surface area contributed by atoms with E-state index in [1.165, 1.54) is 11.3 Å². The third kappa shape index (κ3) is 2.66. The van der Waals surface area contributed by atoms with E-state index in [1.807, 2.05) is 24.3 Å². The fourth-order valence-electron chi connectivity index (χ4n) is 1.03. The van der Waals surface area contributed by atoms with Crippen molar-refractivity contribution in [3.63, 3.8) is 0 Å². The van der Waals surface area contributed by atoms with Crippen molar-refractivity contribution < 1.29 is 4.74 Å². The average molecular weight is 286 g/mol. The standard InChI is InChI=1S/C9H8BrN3OS/c10-6-3-1-2-4-7(6)14-5-8-12-13-9(11)15-8/h1-4H,5H2,(H2,11,13). The molecule has 1 heterocycles. The Morgan fingerprint density at radius 3 is 2.80 bits per heavy atom. The Hall–Kier alpha value is -1.14. The van der Waals surface area contributed by atoms with Crippen LogP contribution in [0.3, 0.4) is 0 Å². The molecule has 78 valence electrons. The third-order valence-electron chi connectivity index (χ3n) is 1.67. The van der Waals surface area contributed by atoms with Crippen LogP contribution < -0.4 is 10.5 Å². The van der Waals surface area contributed by atoms with Crippen molar-refractivity contribution in [1.82, 2.24) is 10.2 Å². The molecule has 0 unspecified atom stereocenters. The van der Waals surface area contributed by atoms with Crippen molar-refractivity contribution in [1.29, 1.82) is 0 Å². The zero-order valence-corrected chi connectivity index (χ0v) is 10.1. The molecule has 4 nitrogen and oxygen atoms in total. The molecule has 0 saturated carbocycles. The summed E-state index contributed by atoms with van der Waals surface area (Å²) in [7, 11) is 0. The van der Waals surface area contributed by atoms with E-state index in [2.05, 4.69) is 26.1 Å². The van der Waals surface area contributed by atoms with Gasteiger partial charge in [0.15, 0.2) is 5.01 Å². The molecule has 0 aliphatic rings. The Kier molecular flexibility index (Phi) is 3.17. The Morgan fingerprint density at radius 1 is 1.33 bits per heavy atom. The number of anilines is 1. The molecule has 2 N–H and O–H groups in total. The van der Waals surface area contributed by atoms with E-state index in [9.17, 15) is 0 Å². The second kappa shape index (κ2) is 4.59. The van der Waals surface area contributed by atoms with Crippen LogP contribution in [0.2, 0.25) is 0 Å². The van der Waals surface area contributed by atoms with Gasteiger partial charge in [0.2, 0.25) is 5.13 Å². The summed E-state index contributed by atoms with van der Waals surface area (Å²) in [5.41, 5.74) is 5.46. The van der Waals surface area contributed by atoms with Crippen molar-refractivity contribution in [2.75, 3.05) is 5.73 Å². The van der Waals surface area contributed by atoms with Crippen LogP contribution in [0.15, 0.2) is 28.7 Å². The van der Waals surface area contributed by atoms with Gasteiger partial charge in [-0.15, -0.1) is 10.2 Å². The molecule has 0 radical (unpaired) electrons. The first-order valence-electron chi connectivity index (χ1n) is 4.21. The molecule has 2 aromatic rings. The minimum absolute atomic E-state index is 0.386. The number of nitrogens with zero attached hydrogens (tertiary/aromatic N) is 2. The summed E-state index contributed by atoms with van der Waals surface area (Å²) in [5, 5.41) is 8.80. The quantitative estimate of drug-likeness (QED) is 0.941. The molecule has 6 heteroatoms. The second-order valence-electron chi connectivity index (χ2n) is 2.75. The highest BCUT2D eigenvalue weighted by molar-refractivity contribution is 9.10. The van der Waals surface area contributed by atoms with Gasteiger partial charge in [0.25, 0.3) is 0 Å². The maximum Gasteiger partial charge on any atom is 0.203 e. The molecule has 2 rings (SSSR count). The molecule has 0 spiro atoms. The zero-order valence-electron chi connectivity index (χ0n) is 7.68. The highest BCUT2D eigenvalue weighted by Crippen LogP contribution is 2.25. The zero-order chi connectivity index (χ0) is 10.7. The maximum absolute atomic E-state index is 5.54. The summed E-state index contributed by atoms with van der Waals surface area (Å²) >= 11 is 4.72. The van der Waals surface area contributed by atoms with E-state index in [-0.39, 0.29) is 0 Å². The molecule has 0 aliphatic heterocycles. The lowest BCUT2D eigenvalue weighted by molar-refractivity contribution is 0.302. The fourth-order valence-corrected chi connectivity index (χ4v) is 1.95. The molecule has 1 aromatic heterocycles. The number of rotatable bonds is 3. The lowest BCUT2D eigenvalue weighted by Crippen LogP contribution is -1.95. The first-order chi connectivity index (χ1) is 7.25. The molecule has 0 atom stereocenters. The predicted molar refractivity (Wildman–Crippen MR) is 62.8 cm³/mol. The van der Waals surface area contributed by atoms with E-state index in [0.29, 0.717) is 11.7 Å². The number of hydrogen-bond acceptors (Lipinski definition) is 5. The first kappa shape index (κ1) is 10.4. The summed E-state index contributed by atoms with van der Waals surface area (Å²) < 4.78 is 6.46. The van der Waals surface area contributed by atoms with Gasteiger partial charge in [0, 0.05) is 0 Å². The largest absolute Gasteiger partial charge is 0.485 e. The van der Waals surface area contributed by atoms with Gasteiger partial charge in [-0.1, -0.05) is 23.5 Å². The monoisotopic (exact) mass is 285 g/mol. The number of ether oxygens (including phenoxy) is 1. The molecular formula is C9H8BrN3OS. The minimum Gasteiger partial charge on any atom is -0.485 e. The number of hydrogen-bond donors (Lipinski definition) is 1.